The normalized spacial score (nSPS) is 58.0. The van der Waals surface area contributed by atoms with Gasteiger partial charge in [0.1, 0.15) is 67.1 Å². The fourth-order valence-electron chi connectivity index (χ4n) is 16.4. The van der Waals surface area contributed by atoms with Crippen LogP contribution in [0.4, 0.5) is 0 Å². The van der Waals surface area contributed by atoms with Gasteiger partial charge in [0.25, 0.3) is 0 Å². The van der Waals surface area contributed by atoms with E-state index in [9.17, 15) is 61.3 Å². The van der Waals surface area contributed by atoms with E-state index in [4.69, 9.17) is 33.2 Å². The molecule has 4 aliphatic heterocycles. The largest absolute Gasteiger partial charge is 0.394 e. The lowest BCUT2D eigenvalue weighted by molar-refractivity contribution is -0.339. The quantitative estimate of drug-likeness (QED) is 0.112. The molecule has 0 aromatic rings. The predicted molar refractivity (Wildman–Crippen MR) is 226 cm³/mol. The first kappa shape index (κ1) is 50.2. The second-order valence-electron chi connectivity index (χ2n) is 23.8. The van der Waals surface area contributed by atoms with Gasteiger partial charge >= 0.3 is 0 Å². The number of hydrogen-bond acceptors (Lipinski definition) is 19. The fraction of sp³-hybridized carbons (Fsp3) is 1.00. The zero-order valence-electron chi connectivity index (χ0n) is 39.3. The van der Waals surface area contributed by atoms with Crippen LogP contribution in [0.5, 0.6) is 0 Å². The first-order valence-electron chi connectivity index (χ1n) is 24.4. The number of aliphatic hydroxyl groups excluding tert-OH is 12. The standard InChI is InChI=1S/C47H78O19/c1-41(2)26(64-38-33(57)28(52)21(51)18-60-38)9-11-47-19-46(47)13-12-43(5)36(45(7)10-8-27(65-45)42(3,4)66-40-35(59)32(56)30(54)24(17-49)63-40)20(50)15-44(43,6)25(46)14-22(37(41)47)61-39-34(58)31(55)29(53)23(16-48)62-39/h20-40,48-59H,8-19H2,1-7H3/t20-,21-,22-,23+,24-,25-,26+,27-,28+,29+,30-,31-,32+,33-,34-,35-,36-,37+,38-,39+,40+,43+,44-,45+,46-,47+/m0/s1. The van der Waals surface area contributed by atoms with Gasteiger partial charge in [-0.2, -0.15) is 0 Å². The Hall–Kier alpha value is -0.760. The lowest BCUT2D eigenvalue weighted by atomic mass is 9.41. The third kappa shape index (κ3) is 7.22. The fourth-order valence-corrected chi connectivity index (χ4v) is 16.4. The zero-order valence-corrected chi connectivity index (χ0v) is 39.3. The molecule has 26 atom stereocenters. The first-order chi connectivity index (χ1) is 30.8. The average Bonchev–Trinajstić information content (AvgIpc) is 3.63. The Balaban J connectivity index is 1.01. The molecule has 66 heavy (non-hydrogen) atoms. The van der Waals surface area contributed by atoms with Crippen molar-refractivity contribution in [1.29, 1.82) is 0 Å². The summed E-state index contributed by atoms with van der Waals surface area (Å²) in [7, 11) is 0. The number of aliphatic hydroxyl groups is 12. The van der Waals surface area contributed by atoms with E-state index in [1.165, 1.54) is 0 Å². The molecular weight excluding hydrogens is 868 g/mol. The Morgan fingerprint density at radius 1 is 0.591 bits per heavy atom. The highest BCUT2D eigenvalue weighted by atomic mass is 16.7. The molecule has 12 N–H and O–H groups in total. The monoisotopic (exact) mass is 947 g/mol. The molecule has 380 valence electrons. The summed E-state index contributed by atoms with van der Waals surface area (Å²) in [5.74, 6) is -0.523. The highest BCUT2D eigenvalue weighted by molar-refractivity contribution is 5.33. The van der Waals surface area contributed by atoms with E-state index in [-0.39, 0.29) is 35.2 Å². The Morgan fingerprint density at radius 3 is 1.83 bits per heavy atom. The van der Waals surface area contributed by atoms with Crippen molar-refractivity contribution < 1.29 is 94.4 Å². The third-order valence-corrected chi connectivity index (χ3v) is 19.9. The maximum Gasteiger partial charge on any atom is 0.187 e. The van der Waals surface area contributed by atoms with E-state index in [0.29, 0.717) is 32.1 Å². The summed E-state index contributed by atoms with van der Waals surface area (Å²) in [6.45, 7) is 13.0. The summed E-state index contributed by atoms with van der Waals surface area (Å²) in [5, 5.41) is 129. The maximum absolute atomic E-state index is 12.5. The van der Waals surface area contributed by atoms with E-state index in [1.54, 1.807) is 0 Å². The molecule has 4 heterocycles. The van der Waals surface area contributed by atoms with Gasteiger partial charge in [-0.05, 0) is 117 Å². The molecule has 5 saturated carbocycles. The Kier molecular flexibility index (Phi) is 12.9. The highest BCUT2D eigenvalue weighted by Gasteiger charge is 2.85. The molecule has 0 unspecified atom stereocenters. The molecule has 19 nitrogen and oxygen atoms in total. The van der Waals surface area contributed by atoms with E-state index < -0.39 is 151 Å². The first-order valence-corrected chi connectivity index (χ1v) is 24.4. The molecule has 0 aromatic heterocycles. The second kappa shape index (κ2) is 16.9. The van der Waals surface area contributed by atoms with E-state index in [0.717, 1.165) is 25.7 Å². The number of hydrogen-bond donors (Lipinski definition) is 12. The molecule has 19 heteroatoms. The van der Waals surface area contributed by atoms with Crippen LogP contribution in [0.2, 0.25) is 0 Å². The molecule has 9 fully saturated rings. The maximum atomic E-state index is 12.5. The molecule has 0 bridgehead atoms. The number of fused-ring (bicyclic) bond motifs is 2. The van der Waals surface area contributed by atoms with Gasteiger partial charge in [-0.25, -0.2) is 0 Å². The van der Waals surface area contributed by atoms with Crippen molar-refractivity contribution in [1.82, 2.24) is 0 Å². The Morgan fingerprint density at radius 2 is 1.20 bits per heavy atom. The summed E-state index contributed by atoms with van der Waals surface area (Å²) in [5.41, 5.74) is -3.88. The van der Waals surface area contributed by atoms with Gasteiger partial charge in [0.05, 0.1) is 55.4 Å². The van der Waals surface area contributed by atoms with Crippen molar-refractivity contribution in [3.8, 4) is 0 Å². The lowest BCUT2D eigenvalue weighted by Crippen LogP contribution is -2.65. The third-order valence-electron chi connectivity index (χ3n) is 19.9. The van der Waals surface area contributed by atoms with Crippen molar-refractivity contribution in [2.24, 2.45) is 44.8 Å². The smallest absolute Gasteiger partial charge is 0.187 e. The van der Waals surface area contributed by atoms with E-state index in [1.807, 2.05) is 13.8 Å². The molecule has 0 amide bonds. The van der Waals surface area contributed by atoms with Crippen LogP contribution < -0.4 is 0 Å². The van der Waals surface area contributed by atoms with Crippen LogP contribution in [-0.2, 0) is 33.2 Å². The average molecular weight is 947 g/mol. The Labute approximate surface area is 386 Å². The molecule has 9 aliphatic rings. The van der Waals surface area contributed by atoms with Gasteiger partial charge in [0.2, 0.25) is 0 Å². The summed E-state index contributed by atoms with van der Waals surface area (Å²) < 4.78 is 44.3. The molecule has 4 saturated heterocycles. The lowest BCUT2D eigenvalue weighted by Gasteiger charge is -2.65. The van der Waals surface area contributed by atoms with Crippen molar-refractivity contribution in [3.63, 3.8) is 0 Å². The van der Waals surface area contributed by atoms with Crippen LogP contribution in [0, 0.1) is 44.8 Å². The second-order valence-corrected chi connectivity index (χ2v) is 23.8. The van der Waals surface area contributed by atoms with Gasteiger partial charge in [0, 0.05) is 5.92 Å². The van der Waals surface area contributed by atoms with Crippen LogP contribution in [-0.4, -0.2) is 203 Å². The van der Waals surface area contributed by atoms with Crippen molar-refractivity contribution in [3.05, 3.63) is 0 Å². The number of rotatable bonds is 10. The molecule has 5 aliphatic carbocycles. The van der Waals surface area contributed by atoms with Crippen LogP contribution in [0.15, 0.2) is 0 Å². The zero-order chi connectivity index (χ0) is 48.1. The summed E-state index contributed by atoms with van der Waals surface area (Å²) in [6, 6.07) is 0. The minimum Gasteiger partial charge on any atom is -0.394 e. The van der Waals surface area contributed by atoms with E-state index in [2.05, 4.69) is 34.6 Å². The highest BCUT2D eigenvalue weighted by Crippen LogP contribution is 2.89. The van der Waals surface area contributed by atoms with Gasteiger partial charge in [-0.3, -0.25) is 0 Å². The van der Waals surface area contributed by atoms with Gasteiger partial charge < -0.3 is 94.4 Å². The van der Waals surface area contributed by atoms with E-state index >= 15 is 0 Å². The van der Waals surface area contributed by atoms with Crippen LogP contribution in [0.1, 0.15) is 106 Å². The molecular formula is C47H78O19. The topological polar surface area (TPSA) is 307 Å². The molecule has 2 spiro atoms. The van der Waals surface area contributed by atoms with Crippen LogP contribution in [0.25, 0.3) is 0 Å². The van der Waals surface area contributed by atoms with Crippen LogP contribution in [0.3, 0.4) is 0 Å². The van der Waals surface area contributed by atoms with Gasteiger partial charge in [-0.15, -0.1) is 0 Å². The van der Waals surface area contributed by atoms with Gasteiger partial charge in [-0.1, -0.05) is 27.7 Å². The molecule has 0 aromatic carbocycles. The predicted octanol–water partition coefficient (Wildman–Crippen LogP) is -1.45. The summed E-state index contributed by atoms with van der Waals surface area (Å²) in [6.07, 6.45) is -16.3. The number of ether oxygens (including phenoxy) is 7. The summed E-state index contributed by atoms with van der Waals surface area (Å²) >= 11 is 0. The summed E-state index contributed by atoms with van der Waals surface area (Å²) in [4.78, 5) is 0. The minimum absolute atomic E-state index is 0.00898. The van der Waals surface area contributed by atoms with Gasteiger partial charge in [0.15, 0.2) is 18.9 Å². The van der Waals surface area contributed by atoms with Crippen molar-refractivity contribution >= 4 is 0 Å². The van der Waals surface area contributed by atoms with Crippen molar-refractivity contribution in [2.45, 2.75) is 228 Å². The molecule has 9 rings (SSSR count). The minimum atomic E-state index is -1.65. The SMILES string of the molecule is CC(C)(O[C@H]1O[C@@H](CO)[C@H](O)[C@@H](O)[C@@H]1O)[C@@H]1CC[C@](C)([C@H]2[C@@H](O)C[C@@]3(C)[C@@H]4C[C@H](O[C@@H]5O[C@H](CO)[C@@H](O)[C@H](O)[C@@H]5O)[C@@H]5C(C)(C)[C@H](O[C@@H]6OC[C@H](O)[C@@H](O)[C@@H]6O)CC[C@@]56C[C@@]46CC[C@]23C)O1. The van der Waals surface area contributed by atoms with Crippen molar-refractivity contribution in [2.75, 3.05) is 19.8 Å². The molecule has 0 radical (unpaired) electrons. The Bertz CT molecular complexity index is 1770. The van der Waals surface area contributed by atoms with Crippen LogP contribution >= 0.6 is 0 Å².